The van der Waals surface area contributed by atoms with Gasteiger partial charge in [0.15, 0.2) is 11.0 Å². The highest BCUT2D eigenvalue weighted by Crippen LogP contribution is 2.34. The van der Waals surface area contributed by atoms with Crippen LogP contribution in [0, 0.1) is 6.92 Å². The maximum Gasteiger partial charge on any atom is 0.270 e. The molecule has 2 heterocycles. The highest BCUT2D eigenvalue weighted by molar-refractivity contribution is 7.18. The first kappa shape index (κ1) is 13.8. The first-order valence-corrected chi connectivity index (χ1v) is 7.43. The highest BCUT2D eigenvalue weighted by atomic mass is 32.1. The normalized spacial score (nSPS) is 11.8. The van der Waals surface area contributed by atoms with Gasteiger partial charge in [0.25, 0.3) is 5.89 Å². The van der Waals surface area contributed by atoms with E-state index in [1.807, 2.05) is 25.1 Å². The number of anilines is 1. The number of nitrogens with zero attached hydrogens (tertiary/aromatic N) is 3. The first-order chi connectivity index (χ1) is 9.98. The Labute approximate surface area is 126 Å². The second-order valence-corrected chi connectivity index (χ2v) is 6.41. The number of nitrogens with two attached hydrogens (primary N) is 1. The molecule has 3 rings (SSSR count). The van der Waals surface area contributed by atoms with Crippen LogP contribution in [-0.2, 0) is 5.41 Å². The van der Waals surface area contributed by atoms with Crippen molar-refractivity contribution in [2.75, 3.05) is 5.73 Å². The summed E-state index contributed by atoms with van der Waals surface area (Å²) in [5.74, 6) is 1.12. The van der Waals surface area contributed by atoms with Crippen molar-refractivity contribution in [2.24, 2.45) is 0 Å². The number of nitrogen functional groups attached to an aromatic ring is 1. The van der Waals surface area contributed by atoms with Gasteiger partial charge in [-0.2, -0.15) is 4.98 Å². The van der Waals surface area contributed by atoms with Crippen LogP contribution < -0.4 is 5.73 Å². The van der Waals surface area contributed by atoms with Crippen LogP contribution >= 0.6 is 11.3 Å². The van der Waals surface area contributed by atoms with Crippen LogP contribution in [0.2, 0.25) is 0 Å². The van der Waals surface area contributed by atoms with Gasteiger partial charge < -0.3 is 10.3 Å². The van der Waals surface area contributed by atoms with Gasteiger partial charge in [-0.05, 0) is 26.3 Å². The zero-order chi connectivity index (χ0) is 15.0. The van der Waals surface area contributed by atoms with Crippen molar-refractivity contribution in [1.29, 1.82) is 0 Å². The molecule has 5 nitrogen and oxygen atoms in total. The summed E-state index contributed by atoms with van der Waals surface area (Å²) in [4.78, 5) is 9.55. The van der Waals surface area contributed by atoms with Gasteiger partial charge in [-0.1, -0.05) is 46.8 Å². The Morgan fingerprint density at radius 3 is 2.48 bits per heavy atom. The molecule has 0 radical (unpaired) electrons. The lowest BCUT2D eigenvalue weighted by Gasteiger charge is -2.20. The van der Waals surface area contributed by atoms with Gasteiger partial charge in [0.1, 0.15) is 4.88 Å². The minimum Gasteiger partial charge on any atom is -0.375 e. The van der Waals surface area contributed by atoms with Crippen molar-refractivity contribution in [3.05, 3.63) is 47.4 Å². The smallest absolute Gasteiger partial charge is 0.270 e. The van der Waals surface area contributed by atoms with E-state index in [4.69, 9.17) is 10.3 Å². The van der Waals surface area contributed by atoms with Crippen molar-refractivity contribution in [3.8, 4) is 10.8 Å². The minimum atomic E-state index is -0.326. The molecule has 21 heavy (non-hydrogen) atoms. The topological polar surface area (TPSA) is 77.8 Å². The fraction of sp³-hybridized carbons (Fsp3) is 0.267. The van der Waals surface area contributed by atoms with Gasteiger partial charge >= 0.3 is 0 Å². The molecular formula is C15H16N4OS. The van der Waals surface area contributed by atoms with E-state index in [-0.39, 0.29) is 5.41 Å². The molecule has 0 saturated carbocycles. The molecule has 0 spiro atoms. The van der Waals surface area contributed by atoms with Gasteiger partial charge in [0.05, 0.1) is 11.1 Å². The Morgan fingerprint density at radius 2 is 1.86 bits per heavy atom. The van der Waals surface area contributed by atoms with Crippen LogP contribution in [0.4, 0.5) is 5.13 Å². The van der Waals surface area contributed by atoms with Crippen molar-refractivity contribution < 1.29 is 4.52 Å². The predicted molar refractivity (Wildman–Crippen MR) is 83.1 cm³/mol. The van der Waals surface area contributed by atoms with E-state index in [0.717, 1.165) is 16.1 Å². The molecule has 1 aromatic carbocycles. The molecule has 0 atom stereocenters. The van der Waals surface area contributed by atoms with E-state index in [2.05, 4.69) is 41.1 Å². The van der Waals surface area contributed by atoms with Crippen molar-refractivity contribution in [2.45, 2.75) is 26.2 Å². The SMILES string of the molecule is Cc1nc(N)sc1-c1nc(C(C)(C)c2ccccc2)no1. The first-order valence-electron chi connectivity index (χ1n) is 6.61. The summed E-state index contributed by atoms with van der Waals surface area (Å²) in [5, 5.41) is 4.65. The number of aryl methyl sites for hydroxylation is 1. The Morgan fingerprint density at radius 1 is 1.14 bits per heavy atom. The average molecular weight is 300 g/mol. The fourth-order valence-electron chi connectivity index (χ4n) is 2.17. The summed E-state index contributed by atoms with van der Waals surface area (Å²) < 4.78 is 5.41. The zero-order valence-corrected chi connectivity index (χ0v) is 12.9. The number of thiazole rings is 1. The number of aromatic nitrogens is 3. The summed E-state index contributed by atoms with van der Waals surface area (Å²) in [7, 11) is 0. The Kier molecular flexibility index (Phi) is 3.25. The monoisotopic (exact) mass is 300 g/mol. The van der Waals surface area contributed by atoms with Gasteiger partial charge in [-0.25, -0.2) is 4.98 Å². The van der Waals surface area contributed by atoms with E-state index in [1.54, 1.807) is 0 Å². The molecule has 0 aliphatic rings. The van der Waals surface area contributed by atoms with Crippen LogP contribution in [0.15, 0.2) is 34.9 Å². The van der Waals surface area contributed by atoms with Gasteiger partial charge in [0, 0.05) is 0 Å². The largest absolute Gasteiger partial charge is 0.375 e. The predicted octanol–water partition coefficient (Wildman–Crippen LogP) is 3.41. The highest BCUT2D eigenvalue weighted by Gasteiger charge is 2.29. The molecule has 0 aliphatic carbocycles. The number of hydrogen-bond acceptors (Lipinski definition) is 6. The minimum absolute atomic E-state index is 0.326. The number of rotatable bonds is 3. The number of benzene rings is 1. The molecular weight excluding hydrogens is 284 g/mol. The van der Waals surface area contributed by atoms with E-state index in [9.17, 15) is 0 Å². The van der Waals surface area contributed by atoms with Crippen molar-refractivity contribution in [1.82, 2.24) is 15.1 Å². The standard InChI is InChI=1S/C15H16N4OS/c1-9-11(21-14(16)17-9)12-18-13(19-20-12)15(2,3)10-7-5-4-6-8-10/h4-8H,1-3H3,(H2,16,17). The summed E-state index contributed by atoms with van der Waals surface area (Å²) in [6.45, 7) is 6.03. The Hall–Kier alpha value is -2.21. The van der Waals surface area contributed by atoms with Gasteiger partial charge in [0.2, 0.25) is 0 Å². The third-order valence-corrected chi connectivity index (χ3v) is 4.46. The molecule has 3 aromatic rings. The van der Waals surface area contributed by atoms with Crippen molar-refractivity contribution >= 4 is 16.5 Å². The summed E-state index contributed by atoms with van der Waals surface area (Å²) in [6.07, 6.45) is 0. The molecule has 0 amide bonds. The third-order valence-electron chi connectivity index (χ3n) is 3.49. The lowest BCUT2D eigenvalue weighted by Crippen LogP contribution is -2.20. The Balaban J connectivity index is 2.00. The number of hydrogen-bond donors (Lipinski definition) is 1. The quantitative estimate of drug-likeness (QED) is 0.802. The molecule has 2 aromatic heterocycles. The maximum atomic E-state index is 5.72. The summed E-state index contributed by atoms with van der Waals surface area (Å²) in [5.41, 5.74) is 7.34. The molecule has 0 aliphatic heterocycles. The summed E-state index contributed by atoms with van der Waals surface area (Å²) >= 11 is 1.36. The zero-order valence-electron chi connectivity index (χ0n) is 12.1. The fourth-order valence-corrected chi connectivity index (χ4v) is 2.92. The third kappa shape index (κ3) is 2.42. The molecule has 0 bridgehead atoms. The van der Waals surface area contributed by atoms with E-state index in [1.165, 1.54) is 11.3 Å². The lowest BCUT2D eigenvalue weighted by atomic mass is 9.84. The van der Waals surface area contributed by atoms with E-state index in [0.29, 0.717) is 16.8 Å². The van der Waals surface area contributed by atoms with Crippen LogP contribution in [0.1, 0.15) is 30.9 Å². The molecule has 108 valence electrons. The van der Waals surface area contributed by atoms with E-state index >= 15 is 0 Å². The van der Waals surface area contributed by atoms with Crippen LogP contribution in [-0.4, -0.2) is 15.1 Å². The average Bonchev–Trinajstić information content (AvgIpc) is 3.06. The Bertz CT molecular complexity index is 761. The van der Waals surface area contributed by atoms with Crippen LogP contribution in [0.25, 0.3) is 10.8 Å². The lowest BCUT2D eigenvalue weighted by molar-refractivity contribution is 0.408. The van der Waals surface area contributed by atoms with Crippen LogP contribution in [0.5, 0.6) is 0 Å². The second kappa shape index (κ2) is 4.96. The molecule has 6 heteroatoms. The van der Waals surface area contributed by atoms with Gasteiger partial charge in [-0.3, -0.25) is 0 Å². The molecule has 0 unspecified atom stereocenters. The van der Waals surface area contributed by atoms with Crippen molar-refractivity contribution in [3.63, 3.8) is 0 Å². The molecule has 0 saturated heterocycles. The molecule has 0 fully saturated rings. The van der Waals surface area contributed by atoms with E-state index < -0.39 is 0 Å². The molecule has 2 N–H and O–H groups in total. The van der Waals surface area contributed by atoms with Crippen LogP contribution in [0.3, 0.4) is 0 Å². The van der Waals surface area contributed by atoms with Gasteiger partial charge in [-0.15, -0.1) is 0 Å². The maximum absolute atomic E-state index is 5.72. The summed E-state index contributed by atoms with van der Waals surface area (Å²) in [6, 6.07) is 10.1. The second-order valence-electron chi connectivity index (χ2n) is 5.38.